The fourth-order valence-electron chi connectivity index (χ4n) is 2.67. The van der Waals surface area contributed by atoms with Crippen molar-refractivity contribution in [1.82, 2.24) is 20.8 Å². The van der Waals surface area contributed by atoms with Gasteiger partial charge in [-0.2, -0.15) is 4.98 Å². The normalized spacial score (nSPS) is 15.5. The van der Waals surface area contributed by atoms with E-state index in [1.165, 1.54) is 6.92 Å². The number of ether oxygens (including phenoxy) is 2. The van der Waals surface area contributed by atoms with Gasteiger partial charge in [-0.05, 0) is 19.1 Å². The predicted molar refractivity (Wildman–Crippen MR) is 105 cm³/mol. The summed E-state index contributed by atoms with van der Waals surface area (Å²) >= 11 is 0. The molecular formula is C18H24N6O7. The molecule has 1 aromatic heterocycles. The van der Waals surface area contributed by atoms with E-state index in [4.69, 9.17) is 24.8 Å². The molecule has 1 aromatic carbocycles. The fraction of sp³-hybridized carbons (Fsp3) is 0.444. The van der Waals surface area contributed by atoms with Crippen molar-refractivity contribution >= 4 is 17.6 Å². The quantitative estimate of drug-likeness (QED) is 0.299. The van der Waals surface area contributed by atoms with Gasteiger partial charge in [-0.3, -0.25) is 4.79 Å². The maximum absolute atomic E-state index is 12.6. The number of rotatable bonds is 8. The third-order valence-electron chi connectivity index (χ3n) is 4.27. The number of nitrogens with two attached hydrogens (primary N) is 1. The molecular weight excluding hydrogens is 412 g/mol. The Bertz CT molecular complexity index is 919. The lowest BCUT2D eigenvalue weighted by Gasteiger charge is -2.22. The highest BCUT2D eigenvalue weighted by atomic mass is 16.6. The number of carbonyl (C=O) groups is 2. The molecule has 0 fully saturated rings. The lowest BCUT2D eigenvalue weighted by Crippen LogP contribution is -2.52. The second-order valence-electron chi connectivity index (χ2n) is 6.73. The Labute approximate surface area is 176 Å². The summed E-state index contributed by atoms with van der Waals surface area (Å²) in [5, 5.41) is 30.0. The molecule has 0 spiro atoms. The van der Waals surface area contributed by atoms with Gasteiger partial charge in [0.15, 0.2) is 17.3 Å². The Morgan fingerprint density at radius 3 is 2.71 bits per heavy atom. The van der Waals surface area contributed by atoms with Crippen molar-refractivity contribution in [2.45, 2.75) is 31.7 Å². The van der Waals surface area contributed by atoms with Crippen LogP contribution < -0.4 is 31.2 Å². The summed E-state index contributed by atoms with van der Waals surface area (Å²) in [5.41, 5.74) is 5.99. The van der Waals surface area contributed by atoms with Crippen LogP contribution in [-0.4, -0.2) is 64.3 Å². The van der Waals surface area contributed by atoms with Crippen molar-refractivity contribution in [2.75, 3.05) is 25.1 Å². The number of amides is 3. The summed E-state index contributed by atoms with van der Waals surface area (Å²) in [5.74, 6) is 0.584. The van der Waals surface area contributed by atoms with Crippen molar-refractivity contribution in [3.05, 3.63) is 29.9 Å². The largest absolute Gasteiger partial charge is 0.486 e. The maximum Gasteiger partial charge on any atom is 0.315 e. The summed E-state index contributed by atoms with van der Waals surface area (Å²) in [6, 6.07) is 2.09. The number of benzene rings is 1. The first-order chi connectivity index (χ1) is 14.9. The number of carbonyl (C=O) groups excluding carboxylic acids is 2. The van der Waals surface area contributed by atoms with Crippen LogP contribution in [0.5, 0.6) is 11.5 Å². The molecule has 0 saturated carbocycles. The Balaban J connectivity index is 1.55. The second-order valence-corrected chi connectivity index (χ2v) is 6.73. The van der Waals surface area contributed by atoms with E-state index in [9.17, 15) is 14.7 Å². The second kappa shape index (κ2) is 10.1. The number of fused-ring (bicyclic) bond motifs is 1. The molecule has 0 radical (unpaired) electrons. The summed E-state index contributed by atoms with van der Waals surface area (Å²) in [4.78, 5) is 28.7. The number of aromatic nitrogens is 2. The van der Waals surface area contributed by atoms with E-state index >= 15 is 0 Å². The van der Waals surface area contributed by atoms with E-state index in [1.807, 2.05) is 0 Å². The van der Waals surface area contributed by atoms with E-state index in [1.54, 1.807) is 18.2 Å². The molecule has 3 amide bonds. The molecule has 3 rings (SSSR count). The van der Waals surface area contributed by atoms with Gasteiger partial charge in [-0.25, -0.2) is 4.79 Å². The van der Waals surface area contributed by atoms with E-state index in [2.05, 4.69) is 26.1 Å². The van der Waals surface area contributed by atoms with Crippen LogP contribution in [0.15, 0.2) is 22.7 Å². The van der Waals surface area contributed by atoms with Crippen molar-refractivity contribution in [1.29, 1.82) is 0 Å². The molecule has 168 valence electrons. The van der Waals surface area contributed by atoms with Gasteiger partial charge < -0.3 is 45.9 Å². The first-order valence-electron chi connectivity index (χ1n) is 9.49. The Kier molecular flexibility index (Phi) is 7.23. The zero-order chi connectivity index (χ0) is 22.4. The van der Waals surface area contributed by atoms with Crippen LogP contribution in [-0.2, 0) is 11.3 Å². The monoisotopic (exact) mass is 436 g/mol. The number of hydrogen-bond donors (Lipinski definition) is 6. The van der Waals surface area contributed by atoms with Gasteiger partial charge in [0.25, 0.3) is 0 Å². The number of aliphatic hydroxyl groups excluding tert-OH is 2. The smallest absolute Gasteiger partial charge is 0.315 e. The van der Waals surface area contributed by atoms with Crippen molar-refractivity contribution < 1.29 is 33.8 Å². The molecule has 13 nitrogen and oxygen atoms in total. The number of anilines is 1. The average molecular weight is 436 g/mol. The molecule has 7 N–H and O–H groups in total. The molecule has 0 bridgehead atoms. The SMILES string of the molecule is CC(O)C(NC(=O)NCc1nc([C@@H](N)CO)no1)C(=O)Nc1ccc2c(c1)OCCO2. The molecule has 2 aromatic rings. The first kappa shape index (κ1) is 22.3. The first-order valence-corrected chi connectivity index (χ1v) is 9.49. The van der Waals surface area contributed by atoms with Gasteiger partial charge in [0.1, 0.15) is 19.3 Å². The number of nitrogens with one attached hydrogen (secondary N) is 3. The summed E-state index contributed by atoms with van der Waals surface area (Å²) in [6.45, 7) is 1.71. The van der Waals surface area contributed by atoms with Crippen LogP contribution in [0.3, 0.4) is 0 Å². The van der Waals surface area contributed by atoms with Gasteiger partial charge in [0.05, 0.1) is 25.3 Å². The molecule has 0 saturated heterocycles. The minimum Gasteiger partial charge on any atom is -0.486 e. The van der Waals surface area contributed by atoms with Crippen molar-refractivity contribution in [3.63, 3.8) is 0 Å². The minimum atomic E-state index is -1.24. The van der Waals surface area contributed by atoms with Gasteiger partial charge in [-0.15, -0.1) is 0 Å². The topological polar surface area (TPSA) is 194 Å². The Morgan fingerprint density at radius 2 is 2.00 bits per heavy atom. The molecule has 2 heterocycles. The molecule has 1 aliphatic heterocycles. The van der Waals surface area contributed by atoms with E-state index in [-0.39, 0.29) is 24.9 Å². The predicted octanol–water partition coefficient (Wildman–Crippen LogP) is -0.980. The van der Waals surface area contributed by atoms with Crippen LogP contribution in [0, 0.1) is 0 Å². The molecule has 2 unspecified atom stereocenters. The molecule has 13 heteroatoms. The Morgan fingerprint density at radius 1 is 1.26 bits per heavy atom. The number of nitrogens with zero attached hydrogens (tertiary/aromatic N) is 2. The van der Waals surface area contributed by atoms with E-state index in [0.29, 0.717) is 30.4 Å². The molecule has 1 aliphatic rings. The zero-order valence-electron chi connectivity index (χ0n) is 16.7. The molecule has 3 atom stereocenters. The highest BCUT2D eigenvalue weighted by molar-refractivity contribution is 5.97. The lowest BCUT2D eigenvalue weighted by molar-refractivity contribution is -0.120. The lowest BCUT2D eigenvalue weighted by atomic mass is 10.1. The molecule has 31 heavy (non-hydrogen) atoms. The summed E-state index contributed by atoms with van der Waals surface area (Å²) < 4.78 is 15.8. The Hall–Kier alpha value is -3.42. The highest BCUT2D eigenvalue weighted by Crippen LogP contribution is 2.32. The standard InChI is InChI=1S/C18H24N6O7/c1-9(26)15(17(27)21-10-2-3-12-13(6-10)30-5-4-29-12)23-18(28)20-7-14-22-16(24-31-14)11(19)8-25/h2-3,6,9,11,15,25-26H,4-5,7-8,19H2,1H3,(H,21,27)(H2,20,23,28)/t9?,11-,15?/m0/s1. The number of urea groups is 1. The third-order valence-corrected chi connectivity index (χ3v) is 4.27. The van der Waals surface area contributed by atoms with Crippen molar-refractivity contribution in [2.24, 2.45) is 5.73 Å². The van der Waals surface area contributed by atoms with Gasteiger partial charge in [0.2, 0.25) is 11.8 Å². The van der Waals surface area contributed by atoms with Crippen LogP contribution in [0.25, 0.3) is 0 Å². The van der Waals surface area contributed by atoms with Crippen LogP contribution in [0.2, 0.25) is 0 Å². The van der Waals surface area contributed by atoms with Gasteiger partial charge >= 0.3 is 6.03 Å². The summed E-state index contributed by atoms with van der Waals surface area (Å²) in [6.07, 6.45) is -1.18. The number of aliphatic hydroxyl groups is 2. The van der Waals surface area contributed by atoms with E-state index in [0.717, 1.165) is 0 Å². The van der Waals surface area contributed by atoms with E-state index < -0.39 is 30.1 Å². The van der Waals surface area contributed by atoms with Crippen LogP contribution in [0.4, 0.5) is 10.5 Å². The number of hydrogen-bond acceptors (Lipinski definition) is 10. The van der Waals surface area contributed by atoms with Crippen LogP contribution >= 0.6 is 0 Å². The van der Waals surface area contributed by atoms with Gasteiger partial charge in [-0.1, -0.05) is 5.16 Å². The summed E-state index contributed by atoms with van der Waals surface area (Å²) in [7, 11) is 0. The molecule has 0 aliphatic carbocycles. The average Bonchev–Trinajstić information content (AvgIpc) is 3.24. The van der Waals surface area contributed by atoms with Crippen LogP contribution in [0.1, 0.15) is 24.7 Å². The highest BCUT2D eigenvalue weighted by Gasteiger charge is 2.26. The third kappa shape index (κ3) is 5.81. The zero-order valence-corrected chi connectivity index (χ0v) is 16.7. The fourth-order valence-corrected chi connectivity index (χ4v) is 2.67. The van der Waals surface area contributed by atoms with Gasteiger partial charge in [0, 0.05) is 11.8 Å². The van der Waals surface area contributed by atoms with Crippen molar-refractivity contribution in [3.8, 4) is 11.5 Å². The minimum absolute atomic E-state index is 0.0587. The maximum atomic E-state index is 12.6.